The number of guanidine groups is 1. The van der Waals surface area contributed by atoms with E-state index in [9.17, 15) is 4.79 Å². The average Bonchev–Trinajstić information content (AvgIpc) is 2.98. The summed E-state index contributed by atoms with van der Waals surface area (Å²) in [5.41, 5.74) is 0.237. The highest BCUT2D eigenvalue weighted by atomic mass is 127. The summed E-state index contributed by atoms with van der Waals surface area (Å²) >= 11 is 0. The molecule has 1 atom stereocenters. The minimum Gasteiger partial charge on any atom is -0.376 e. The summed E-state index contributed by atoms with van der Waals surface area (Å²) in [6.07, 6.45) is 2.47. The normalized spacial score (nSPS) is 24.8. The molecular weight excluding hydrogens is 419 g/mol. The Balaban J connectivity index is 0.00000288. The molecule has 0 aliphatic carbocycles. The van der Waals surface area contributed by atoms with Crippen molar-refractivity contribution in [3.05, 3.63) is 0 Å². The first-order valence-corrected chi connectivity index (χ1v) is 8.53. The number of likely N-dealkylation sites (N-methyl/N-ethyl adjacent to an activating group) is 1. The van der Waals surface area contributed by atoms with Crippen molar-refractivity contribution in [1.29, 1.82) is 0 Å². The van der Waals surface area contributed by atoms with Crippen LogP contribution in [0.3, 0.4) is 0 Å². The van der Waals surface area contributed by atoms with Gasteiger partial charge >= 0.3 is 0 Å². The van der Waals surface area contributed by atoms with E-state index < -0.39 is 0 Å². The van der Waals surface area contributed by atoms with Crippen molar-refractivity contribution in [2.75, 3.05) is 40.3 Å². The van der Waals surface area contributed by atoms with Gasteiger partial charge in [-0.3, -0.25) is 4.79 Å². The largest absolute Gasteiger partial charge is 0.376 e. The Labute approximate surface area is 163 Å². The molecule has 2 rings (SSSR count). The van der Waals surface area contributed by atoms with Gasteiger partial charge in [0.15, 0.2) is 5.96 Å². The Morgan fingerprint density at radius 1 is 1.33 bits per heavy atom. The highest BCUT2D eigenvalue weighted by molar-refractivity contribution is 14.0. The molecule has 2 heterocycles. The lowest BCUT2D eigenvalue weighted by Gasteiger charge is -2.62. The van der Waals surface area contributed by atoms with Gasteiger partial charge in [-0.05, 0) is 26.7 Å². The number of ether oxygens (including phenoxy) is 1. The zero-order chi connectivity index (χ0) is 17.3. The van der Waals surface area contributed by atoms with Crippen LogP contribution in [0.4, 0.5) is 0 Å². The third kappa shape index (κ3) is 4.53. The van der Waals surface area contributed by atoms with Gasteiger partial charge < -0.3 is 19.9 Å². The molecular formula is C17H33IN4O2. The summed E-state index contributed by atoms with van der Waals surface area (Å²) in [6.45, 7) is 11.7. The summed E-state index contributed by atoms with van der Waals surface area (Å²) in [5, 5.41) is 3.43. The lowest BCUT2D eigenvalue weighted by atomic mass is 9.65. The number of nitrogens with one attached hydrogen (secondary N) is 1. The minimum absolute atomic E-state index is 0. The highest BCUT2D eigenvalue weighted by Gasteiger charge is 2.53. The molecule has 140 valence electrons. The van der Waals surface area contributed by atoms with Crippen LogP contribution in [0, 0.1) is 5.41 Å². The zero-order valence-electron chi connectivity index (χ0n) is 15.9. The van der Waals surface area contributed by atoms with E-state index in [2.05, 4.69) is 42.9 Å². The molecule has 0 spiro atoms. The van der Waals surface area contributed by atoms with Crippen molar-refractivity contribution in [3.63, 3.8) is 0 Å². The predicted octanol–water partition coefficient (Wildman–Crippen LogP) is 1.94. The number of rotatable bonds is 4. The van der Waals surface area contributed by atoms with Gasteiger partial charge in [-0.15, -0.1) is 24.0 Å². The van der Waals surface area contributed by atoms with Crippen LogP contribution in [-0.2, 0) is 9.53 Å². The molecule has 6 nitrogen and oxygen atoms in total. The first-order chi connectivity index (χ1) is 10.6. The third-order valence-corrected chi connectivity index (χ3v) is 5.51. The molecule has 2 saturated heterocycles. The number of amides is 1. The number of aliphatic imine (C=N–C) groups is 1. The molecule has 1 amide bonds. The number of carbonyl (C=O) groups is 1. The molecule has 0 radical (unpaired) electrons. The SMILES string of the molecule is CN(C)C(=O)CN=C(NCC1CCCO1)N1CC(C)(C)C1(C)C.I. The van der Waals surface area contributed by atoms with Gasteiger partial charge in [-0.2, -0.15) is 0 Å². The van der Waals surface area contributed by atoms with Crippen molar-refractivity contribution < 1.29 is 9.53 Å². The van der Waals surface area contributed by atoms with E-state index in [1.54, 1.807) is 19.0 Å². The lowest BCUT2D eigenvalue weighted by Crippen LogP contribution is -2.72. The fraction of sp³-hybridized carbons (Fsp3) is 0.882. The van der Waals surface area contributed by atoms with Crippen LogP contribution >= 0.6 is 24.0 Å². The van der Waals surface area contributed by atoms with Crippen molar-refractivity contribution in [2.45, 2.75) is 52.2 Å². The van der Waals surface area contributed by atoms with Gasteiger partial charge in [0.1, 0.15) is 6.54 Å². The monoisotopic (exact) mass is 452 g/mol. The third-order valence-electron chi connectivity index (χ3n) is 5.51. The fourth-order valence-electron chi connectivity index (χ4n) is 2.93. The molecule has 1 N–H and O–H groups in total. The molecule has 0 bridgehead atoms. The standard InChI is InChI=1S/C17H32N4O2.HI/c1-16(2)12-21(17(16,3)4)15(19-11-14(22)20(5)6)18-10-13-8-7-9-23-13;/h13H,7-12H2,1-6H3,(H,18,19);1H. The van der Waals surface area contributed by atoms with E-state index in [1.807, 2.05) is 0 Å². The second-order valence-corrected chi connectivity index (χ2v) is 7.97. The maximum absolute atomic E-state index is 11.9. The molecule has 2 aliphatic rings. The second-order valence-electron chi connectivity index (χ2n) is 7.97. The molecule has 2 fully saturated rings. The Bertz CT molecular complexity index is 471. The summed E-state index contributed by atoms with van der Waals surface area (Å²) in [4.78, 5) is 20.3. The van der Waals surface area contributed by atoms with Crippen LogP contribution in [0.1, 0.15) is 40.5 Å². The predicted molar refractivity (Wildman–Crippen MR) is 108 cm³/mol. The number of likely N-dealkylation sites (tertiary alicyclic amines) is 1. The second kappa shape index (κ2) is 8.21. The molecule has 1 unspecified atom stereocenters. The Morgan fingerprint density at radius 2 is 2.00 bits per heavy atom. The van der Waals surface area contributed by atoms with Gasteiger partial charge in [0.25, 0.3) is 0 Å². The molecule has 24 heavy (non-hydrogen) atoms. The summed E-state index contributed by atoms with van der Waals surface area (Å²) in [7, 11) is 3.52. The van der Waals surface area contributed by atoms with Gasteiger partial charge in [-0.1, -0.05) is 13.8 Å². The average molecular weight is 452 g/mol. The van der Waals surface area contributed by atoms with E-state index in [0.29, 0.717) is 0 Å². The fourth-order valence-corrected chi connectivity index (χ4v) is 2.93. The Hall–Kier alpha value is -0.570. The number of nitrogens with zero attached hydrogens (tertiary/aromatic N) is 3. The molecule has 0 aromatic rings. The first-order valence-electron chi connectivity index (χ1n) is 8.53. The van der Waals surface area contributed by atoms with Crippen molar-refractivity contribution in [2.24, 2.45) is 10.4 Å². The first kappa shape index (κ1) is 21.5. The van der Waals surface area contributed by atoms with Crippen LogP contribution in [0.5, 0.6) is 0 Å². The molecule has 0 saturated carbocycles. The summed E-state index contributed by atoms with van der Waals surface area (Å²) < 4.78 is 5.68. The molecule has 2 aliphatic heterocycles. The number of halogens is 1. The maximum atomic E-state index is 11.9. The van der Waals surface area contributed by atoms with Gasteiger partial charge in [0.2, 0.25) is 5.91 Å². The van der Waals surface area contributed by atoms with Gasteiger partial charge in [0.05, 0.1) is 6.10 Å². The van der Waals surface area contributed by atoms with Crippen molar-refractivity contribution in [3.8, 4) is 0 Å². The molecule has 0 aromatic heterocycles. The van der Waals surface area contributed by atoms with E-state index in [4.69, 9.17) is 4.74 Å². The van der Waals surface area contributed by atoms with E-state index >= 15 is 0 Å². The molecule has 0 aromatic carbocycles. The van der Waals surface area contributed by atoms with E-state index in [-0.39, 0.29) is 53.5 Å². The van der Waals surface area contributed by atoms with E-state index in [0.717, 1.165) is 38.5 Å². The van der Waals surface area contributed by atoms with Crippen LogP contribution in [-0.4, -0.2) is 73.6 Å². The Kier molecular flexibility index (Phi) is 7.34. The number of carbonyl (C=O) groups excluding carboxylic acids is 1. The summed E-state index contributed by atoms with van der Waals surface area (Å²) in [5.74, 6) is 0.832. The molecule has 7 heteroatoms. The smallest absolute Gasteiger partial charge is 0.243 e. The van der Waals surface area contributed by atoms with Crippen molar-refractivity contribution >= 4 is 35.8 Å². The quantitative estimate of drug-likeness (QED) is 0.403. The van der Waals surface area contributed by atoms with Gasteiger partial charge in [0, 0.05) is 44.7 Å². The lowest BCUT2D eigenvalue weighted by molar-refractivity contribution is -0.127. The maximum Gasteiger partial charge on any atom is 0.243 e. The Morgan fingerprint density at radius 3 is 2.46 bits per heavy atom. The van der Waals surface area contributed by atoms with Crippen molar-refractivity contribution in [1.82, 2.24) is 15.1 Å². The van der Waals surface area contributed by atoms with Gasteiger partial charge in [-0.25, -0.2) is 4.99 Å². The number of hydrogen-bond donors (Lipinski definition) is 1. The minimum atomic E-state index is 0. The van der Waals surface area contributed by atoms with Crippen LogP contribution < -0.4 is 5.32 Å². The summed E-state index contributed by atoms with van der Waals surface area (Å²) in [6, 6.07) is 0. The van der Waals surface area contributed by atoms with E-state index in [1.165, 1.54) is 0 Å². The zero-order valence-corrected chi connectivity index (χ0v) is 18.2. The van der Waals surface area contributed by atoms with Crippen LogP contribution in [0.15, 0.2) is 4.99 Å². The van der Waals surface area contributed by atoms with Crippen LogP contribution in [0.25, 0.3) is 0 Å². The van der Waals surface area contributed by atoms with Crippen LogP contribution in [0.2, 0.25) is 0 Å². The highest BCUT2D eigenvalue weighted by Crippen LogP contribution is 2.46. The topological polar surface area (TPSA) is 57.2 Å². The number of hydrogen-bond acceptors (Lipinski definition) is 3.